The van der Waals surface area contributed by atoms with E-state index in [1.165, 1.54) is 4.88 Å². The number of halogens is 3. The van der Waals surface area contributed by atoms with Crippen molar-refractivity contribution < 1.29 is 0 Å². The molecule has 0 aliphatic heterocycles. The fraction of sp³-hybridized carbons (Fsp3) is 0.214. The summed E-state index contributed by atoms with van der Waals surface area (Å²) < 4.78 is 2.91. The first-order chi connectivity index (χ1) is 9.69. The molecular formula is C14H11Cl3N2S. The normalized spacial score (nSPS) is 11.3. The molecule has 0 saturated carbocycles. The quantitative estimate of drug-likeness (QED) is 0.592. The number of hydrogen-bond acceptors (Lipinski definition) is 2. The van der Waals surface area contributed by atoms with Crippen molar-refractivity contribution in [2.24, 2.45) is 0 Å². The van der Waals surface area contributed by atoms with Gasteiger partial charge in [-0.1, -0.05) is 29.3 Å². The Hall–Kier alpha value is -0.740. The molecule has 0 radical (unpaired) electrons. The molecule has 0 N–H and O–H groups in total. The van der Waals surface area contributed by atoms with E-state index in [0.29, 0.717) is 23.9 Å². The van der Waals surface area contributed by atoms with Crippen molar-refractivity contribution in [3.63, 3.8) is 0 Å². The minimum absolute atomic E-state index is 0.534. The lowest BCUT2D eigenvalue weighted by Gasteiger charge is -2.07. The number of para-hydroxylation sites is 1. The summed E-state index contributed by atoms with van der Waals surface area (Å²) in [6, 6.07) is 9.70. The number of rotatable bonds is 4. The van der Waals surface area contributed by atoms with E-state index in [1.54, 1.807) is 11.3 Å². The summed E-state index contributed by atoms with van der Waals surface area (Å²) in [5.41, 5.74) is 1.86. The van der Waals surface area contributed by atoms with Crippen LogP contribution in [0.5, 0.6) is 0 Å². The van der Waals surface area contributed by atoms with E-state index in [4.69, 9.17) is 34.8 Å². The van der Waals surface area contributed by atoms with Crippen LogP contribution >= 0.6 is 46.1 Å². The van der Waals surface area contributed by atoms with Crippen molar-refractivity contribution >= 4 is 57.2 Å². The molecule has 1 aromatic carbocycles. The van der Waals surface area contributed by atoms with Crippen LogP contribution in [0.1, 0.15) is 10.7 Å². The zero-order chi connectivity index (χ0) is 14.1. The fourth-order valence-corrected chi connectivity index (χ4v) is 3.75. The molecule has 6 heteroatoms. The number of aromatic nitrogens is 2. The third-order valence-corrected chi connectivity index (χ3v) is 4.77. The van der Waals surface area contributed by atoms with E-state index in [1.807, 2.05) is 30.3 Å². The predicted molar refractivity (Wildman–Crippen MR) is 87.6 cm³/mol. The van der Waals surface area contributed by atoms with E-state index >= 15 is 0 Å². The minimum atomic E-state index is 0.534. The molecule has 3 aromatic rings. The number of fused-ring (bicyclic) bond motifs is 1. The van der Waals surface area contributed by atoms with Gasteiger partial charge in [0.15, 0.2) is 0 Å². The van der Waals surface area contributed by atoms with Crippen molar-refractivity contribution in [3.8, 4) is 0 Å². The maximum absolute atomic E-state index is 6.33. The molecule has 2 heterocycles. The van der Waals surface area contributed by atoms with Gasteiger partial charge in [0.2, 0.25) is 0 Å². The fourth-order valence-electron chi connectivity index (χ4n) is 2.23. The SMILES string of the molecule is ClCCc1nc2cccc(Cl)c2n1Cc1ccc(Cl)s1. The number of hydrogen-bond donors (Lipinski definition) is 0. The van der Waals surface area contributed by atoms with Gasteiger partial charge in [-0.2, -0.15) is 0 Å². The number of thiophene rings is 1. The molecule has 2 nitrogen and oxygen atoms in total. The number of nitrogens with zero attached hydrogens (tertiary/aromatic N) is 2. The van der Waals surface area contributed by atoms with Gasteiger partial charge in [0, 0.05) is 17.2 Å². The zero-order valence-corrected chi connectivity index (χ0v) is 13.5. The highest BCUT2D eigenvalue weighted by molar-refractivity contribution is 7.16. The number of benzene rings is 1. The molecule has 0 unspecified atom stereocenters. The van der Waals surface area contributed by atoms with E-state index in [-0.39, 0.29) is 0 Å². The Kier molecular flexibility index (Phi) is 4.22. The summed E-state index contributed by atoms with van der Waals surface area (Å²) in [5, 5.41) is 0.707. The maximum atomic E-state index is 6.33. The molecule has 3 rings (SSSR count). The molecule has 2 aromatic heterocycles. The molecule has 0 bridgehead atoms. The molecule has 0 fully saturated rings. The van der Waals surface area contributed by atoms with Gasteiger partial charge < -0.3 is 4.57 Å². The highest BCUT2D eigenvalue weighted by Gasteiger charge is 2.14. The Balaban J connectivity index is 2.12. The van der Waals surface area contributed by atoms with Gasteiger partial charge in [-0.15, -0.1) is 22.9 Å². The molecule has 0 saturated heterocycles. The van der Waals surface area contributed by atoms with Crippen molar-refractivity contribution in [1.29, 1.82) is 0 Å². The third kappa shape index (κ3) is 2.68. The average molecular weight is 346 g/mol. The lowest BCUT2D eigenvalue weighted by atomic mass is 10.3. The van der Waals surface area contributed by atoms with Crippen LogP contribution in [0.3, 0.4) is 0 Å². The van der Waals surface area contributed by atoms with E-state index in [2.05, 4.69) is 9.55 Å². The largest absolute Gasteiger partial charge is 0.321 e. The third-order valence-electron chi connectivity index (χ3n) is 3.06. The predicted octanol–water partition coefficient (Wildman–Crippen LogP) is 5.23. The van der Waals surface area contributed by atoms with Crippen LogP contribution in [0.4, 0.5) is 0 Å². The Morgan fingerprint density at radius 3 is 2.70 bits per heavy atom. The summed E-state index contributed by atoms with van der Waals surface area (Å²) >= 11 is 19.8. The van der Waals surface area contributed by atoms with Crippen LogP contribution in [0.25, 0.3) is 11.0 Å². The first kappa shape index (κ1) is 14.2. The van der Waals surface area contributed by atoms with Gasteiger partial charge in [-0.05, 0) is 24.3 Å². The van der Waals surface area contributed by atoms with Crippen LogP contribution in [0.2, 0.25) is 9.36 Å². The second-order valence-electron chi connectivity index (χ2n) is 4.37. The molecule has 0 amide bonds. The Bertz CT molecular complexity index is 748. The van der Waals surface area contributed by atoms with Crippen molar-refractivity contribution in [2.75, 3.05) is 5.88 Å². The Morgan fingerprint density at radius 2 is 2.00 bits per heavy atom. The van der Waals surface area contributed by atoms with Crippen LogP contribution in [0, 0.1) is 0 Å². The summed E-state index contributed by atoms with van der Waals surface area (Å²) in [6.07, 6.45) is 0.714. The molecule has 0 spiro atoms. The second kappa shape index (κ2) is 5.94. The second-order valence-corrected chi connectivity index (χ2v) is 6.95. The topological polar surface area (TPSA) is 17.8 Å². The lowest BCUT2D eigenvalue weighted by molar-refractivity contribution is 0.763. The lowest BCUT2D eigenvalue weighted by Crippen LogP contribution is -2.05. The molecule has 104 valence electrons. The van der Waals surface area contributed by atoms with Gasteiger partial charge in [0.1, 0.15) is 5.82 Å². The van der Waals surface area contributed by atoms with Gasteiger partial charge in [0.05, 0.1) is 26.9 Å². The molecule has 0 atom stereocenters. The van der Waals surface area contributed by atoms with Gasteiger partial charge in [-0.3, -0.25) is 0 Å². The molecule has 0 aliphatic rings. The van der Waals surface area contributed by atoms with Crippen LogP contribution in [-0.2, 0) is 13.0 Å². The average Bonchev–Trinajstić information content (AvgIpc) is 2.96. The molecular weight excluding hydrogens is 335 g/mol. The van der Waals surface area contributed by atoms with E-state index < -0.39 is 0 Å². The van der Waals surface area contributed by atoms with Crippen LogP contribution in [-0.4, -0.2) is 15.4 Å². The zero-order valence-electron chi connectivity index (χ0n) is 10.4. The molecule has 20 heavy (non-hydrogen) atoms. The van der Waals surface area contributed by atoms with E-state index in [0.717, 1.165) is 21.2 Å². The Labute approximate surface area is 135 Å². The van der Waals surface area contributed by atoms with Crippen LogP contribution < -0.4 is 0 Å². The molecule has 0 aliphatic carbocycles. The minimum Gasteiger partial charge on any atom is -0.321 e. The van der Waals surface area contributed by atoms with Crippen molar-refractivity contribution in [3.05, 3.63) is 50.4 Å². The summed E-state index contributed by atoms with van der Waals surface area (Å²) in [5.74, 6) is 1.49. The maximum Gasteiger partial charge on any atom is 0.111 e. The highest BCUT2D eigenvalue weighted by atomic mass is 35.5. The Morgan fingerprint density at radius 1 is 1.15 bits per heavy atom. The van der Waals surface area contributed by atoms with Gasteiger partial charge in [-0.25, -0.2) is 4.98 Å². The first-order valence-corrected chi connectivity index (χ1v) is 8.23. The van der Waals surface area contributed by atoms with Gasteiger partial charge >= 0.3 is 0 Å². The van der Waals surface area contributed by atoms with Crippen molar-refractivity contribution in [2.45, 2.75) is 13.0 Å². The standard InChI is InChI=1S/C14H11Cl3N2S/c15-7-6-13-18-11-3-1-2-10(16)14(11)19(13)8-9-4-5-12(17)20-9/h1-5H,6-8H2. The monoisotopic (exact) mass is 344 g/mol. The highest BCUT2D eigenvalue weighted by Crippen LogP contribution is 2.28. The number of imidazole rings is 1. The summed E-state index contributed by atoms with van der Waals surface area (Å²) in [6.45, 7) is 0.712. The van der Waals surface area contributed by atoms with Crippen molar-refractivity contribution in [1.82, 2.24) is 9.55 Å². The van der Waals surface area contributed by atoms with E-state index in [9.17, 15) is 0 Å². The van der Waals surface area contributed by atoms with Crippen LogP contribution in [0.15, 0.2) is 30.3 Å². The number of aryl methyl sites for hydroxylation is 1. The smallest absolute Gasteiger partial charge is 0.111 e. The van der Waals surface area contributed by atoms with Gasteiger partial charge in [0.25, 0.3) is 0 Å². The number of alkyl halides is 1. The first-order valence-electron chi connectivity index (χ1n) is 6.13. The summed E-state index contributed by atoms with van der Waals surface area (Å²) in [4.78, 5) is 5.80. The summed E-state index contributed by atoms with van der Waals surface area (Å²) in [7, 11) is 0.